The van der Waals surface area contributed by atoms with Gasteiger partial charge in [0.2, 0.25) is 0 Å². The lowest BCUT2D eigenvalue weighted by Crippen LogP contribution is -2.02. The van der Waals surface area contributed by atoms with Gasteiger partial charge in [0.05, 0.1) is 0 Å². The Balaban J connectivity index is 1.74. The van der Waals surface area contributed by atoms with E-state index in [-0.39, 0.29) is 0 Å². The van der Waals surface area contributed by atoms with Gasteiger partial charge in [0, 0.05) is 47.5 Å². The summed E-state index contributed by atoms with van der Waals surface area (Å²) in [5.41, 5.74) is 6.28. The number of aromatic amines is 1. The van der Waals surface area contributed by atoms with Gasteiger partial charge in [-0.2, -0.15) is 0 Å². The Morgan fingerprint density at radius 1 is 1.04 bits per heavy atom. The number of H-pyrrole nitrogens is 1. The fraction of sp³-hybridized carbons (Fsp3) is 0.150. The number of nitrogens with zero attached hydrogens (tertiary/aromatic N) is 3. The number of anilines is 1. The second kappa shape index (κ2) is 6.36. The van der Waals surface area contributed by atoms with Gasteiger partial charge in [-0.1, -0.05) is 12.1 Å². The predicted octanol–water partition coefficient (Wildman–Crippen LogP) is 4.25. The summed E-state index contributed by atoms with van der Waals surface area (Å²) in [6.07, 6.45) is 5.55. The van der Waals surface area contributed by atoms with Crippen LogP contribution in [-0.2, 0) is 6.54 Å². The molecule has 0 amide bonds. The number of fused-ring (bicyclic) bond motifs is 1. The lowest BCUT2D eigenvalue weighted by Gasteiger charge is -2.11. The third kappa shape index (κ3) is 3.08. The summed E-state index contributed by atoms with van der Waals surface area (Å²) >= 11 is 0. The Labute approximate surface area is 146 Å². The molecule has 0 spiro atoms. The lowest BCUT2D eigenvalue weighted by molar-refractivity contribution is 1.09. The van der Waals surface area contributed by atoms with Crippen LogP contribution in [0, 0.1) is 13.8 Å². The van der Waals surface area contributed by atoms with Crippen molar-refractivity contribution in [3.63, 3.8) is 0 Å². The minimum atomic E-state index is 0.678. The van der Waals surface area contributed by atoms with Gasteiger partial charge in [-0.25, -0.2) is 4.98 Å². The molecule has 0 fully saturated rings. The molecular formula is C20H19N5. The fourth-order valence-corrected chi connectivity index (χ4v) is 3.02. The van der Waals surface area contributed by atoms with Crippen molar-refractivity contribution in [2.45, 2.75) is 20.4 Å². The summed E-state index contributed by atoms with van der Waals surface area (Å²) in [6, 6.07) is 12.3. The zero-order valence-corrected chi connectivity index (χ0v) is 14.2. The van der Waals surface area contributed by atoms with Crippen molar-refractivity contribution < 1.29 is 0 Å². The number of rotatable bonds is 4. The maximum absolute atomic E-state index is 4.68. The third-order valence-electron chi connectivity index (χ3n) is 4.24. The monoisotopic (exact) mass is 329 g/mol. The van der Waals surface area contributed by atoms with E-state index in [1.54, 1.807) is 6.20 Å². The van der Waals surface area contributed by atoms with Crippen LogP contribution < -0.4 is 5.32 Å². The van der Waals surface area contributed by atoms with Crippen molar-refractivity contribution in [1.82, 2.24) is 19.9 Å². The average molecular weight is 329 g/mol. The predicted molar refractivity (Wildman–Crippen MR) is 100 cm³/mol. The number of aryl methyl sites for hydroxylation is 2. The highest BCUT2D eigenvalue weighted by molar-refractivity contribution is 5.95. The van der Waals surface area contributed by atoms with Crippen molar-refractivity contribution in [3.05, 3.63) is 71.9 Å². The summed E-state index contributed by atoms with van der Waals surface area (Å²) in [5, 5.41) is 4.49. The number of aromatic nitrogens is 4. The number of pyridine rings is 3. The number of hydrogen-bond acceptors (Lipinski definition) is 4. The largest absolute Gasteiger partial charge is 0.366 e. The summed E-state index contributed by atoms with van der Waals surface area (Å²) in [6.45, 7) is 4.73. The van der Waals surface area contributed by atoms with Crippen LogP contribution in [0.1, 0.15) is 17.0 Å². The Kier molecular flexibility index (Phi) is 3.90. The molecule has 0 aliphatic heterocycles. The van der Waals surface area contributed by atoms with Gasteiger partial charge in [-0.05, 0) is 49.2 Å². The molecule has 0 unspecified atom stereocenters. The Hall–Kier alpha value is -3.21. The van der Waals surface area contributed by atoms with Crippen molar-refractivity contribution in [1.29, 1.82) is 0 Å². The van der Waals surface area contributed by atoms with Crippen LogP contribution in [0.2, 0.25) is 0 Å². The Morgan fingerprint density at radius 2 is 1.96 bits per heavy atom. The molecule has 2 N–H and O–H groups in total. The van der Waals surface area contributed by atoms with Crippen LogP contribution in [0.25, 0.3) is 22.2 Å². The van der Waals surface area contributed by atoms with E-state index in [4.69, 9.17) is 0 Å². The SMILES string of the molecule is Cc1ccc(-c2cc(NCc3cccnc3)nc3[nH]ccc23)c(C)n1. The minimum absolute atomic E-state index is 0.678. The van der Waals surface area contributed by atoms with Crippen molar-refractivity contribution in [3.8, 4) is 11.1 Å². The first kappa shape index (κ1) is 15.3. The van der Waals surface area contributed by atoms with Crippen LogP contribution in [-0.4, -0.2) is 19.9 Å². The maximum Gasteiger partial charge on any atom is 0.140 e. The molecule has 0 saturated heterocycles. The zero-order valence-electron chi connectivity index (χ0n) is 14.2. The van der Waals surface area contributed by atoms with Crippen molar-refractivity contribution in [2.24, 2.45) is 0 Å². The van der Waals surface area contributed by atoms with Gasteiger partial charge in [-0.15, -0.1) is 0 Å². The molecule has 0 aliphatic carbocycles. The number of hydrogen-bond donors (Lipinski definition) is 2. The van der Waals surface area contributed by atoms with Crippen LogP contribution >= 0.6 is 0 Å². The molecule has 5 heteroatoms. The molecule has 25 heavy (non-hydrogen) atoms. The van der Waals surface area contributed by atoms with Gasteiger partial charge >= 0.3 is 0 Å². The quantitative estimate of drug-likeness (QED) is 0.587. The van der Waals surface area contributed by atoms with Gasteiger partial charge < -0.3 is 10.3 Å². The standard InChI is InChI=1S/C20H19N5/c1-13-5-6-16(14(2)24-13)18-10-19(25-20-17(18)7-9-22-20)23-12-15-4-3-8-21-11-15/h3-11H,12H2,1-2H3,(H2,22,23,25). The molecule has 0 radical (unpaired) electrons. The van der Waals surface area contributed by atoms with E-state index in [1.165, 1.54) is 0 Å². The fourth-order valence-electron chi connectivity index (χ4n) is 3.02. The average Bonchev–Trinajstić information content (AvgIpc) is 3.09. The molecule has 4 aromatic rings. The molecular weight excluding hydrogens is 310 g/mol. The van der Waals surface area contributed by atoms with E-state index < -0.39 is 0 Å². The number of nitrogens with one attached hydrogen (secondary N) is 2. The molecule has 5 nitrogen and oxygen atoms in total. The van der Waals surface area contributed by atoms with Gasteiger partial charge in [0.15, 0.2) is 0 Å². The van der Waals surface area contributed by atoms with Crippen LogP contribution in [0.3, 0.4) is 0 Å². The summed E-state index contributed by atoms with van der Waals surface area (Å²) in [7, 11) is 0. The molecule has 0 aromatic carbocycles. The highest BCUT2D eigenvalue weighted by Crippen LogP contribution is 2.31. The summed E-state index contributed by atoms with van der Waals surface area (Å²) in [5.74, 6) is 0.828. The van der Waals surface area contributed by atoms with Crippen LogP contribution in [0.4, 0.5) is 5.82 Å². The molecule has 0 aliphatic rings. The summed E-state index contributed by atoms with van der Waals surface area (Å²) < 4.78 is 0. The van der Waals surface area contributed by atoms with E-state index in [0.717, 1.165) is 44.9 Å². The normalized spacial score (nSPS) is 11.0. The smallest absolute Gasteiger partial charge is 0.140 e. The first-order chi connectivity index (χ1) is 12.2. The first-order valence-electron chi connectivity index (χ1n) is 8.26. The highest BCUT2D eigenvalue weighted by atomic mass is 15.0. The highest BCUT2D eigenvalue weighted by Gasteiger charge is 2.11. The lowest BCUT2D eigenvalue weighted by atomic mass is 10.0. The van der Waals surface area contributed by atoms with Crippen molar-refractivity contribution in [2.75, 3.05) is 5.32 Å². The Bertz CT molecular complexity index is 1020. The Morgan fingerprint density at radius 3 is 2.76 bits per heavy atom. The molecule has 4 rings (SSSR count). The molecule has 0 atom stereocenters. The van der Waals surface area contributed by atoms with Gasteiger partial charge in [-0.3, -0.25) is 9.97 Å². The van der Waals surface area contributed by atoms with E-state index in [2.05, 4.69) is 43.5 Å². The van der Waals surface area contributed by atoms with E-state index in [1.807, 2.05) is 44.4 Å². The van der Waals surface area contributed by atoms with Crippen LogP contribution in [0.5, 0.6) is 0 Å². The third-order valence-corrected chi connectivity index (χ3v) is 4.24. The van der Waals surface area contributed by atoms with Gasteiger partial charge in [0.1, 0.15) is 11.5 Å². The molecule has 124 valence electrons. The molecule has 0 saturated carbocycles. The molecule has 4 heterocycles. The van der Waals surface area contributed by atoms with Crippen molar-refractivity contribution >= 4 is 16.9 Å². The second-order valence-electron chi connectivity index (χ2n) is 6.10. The zero-order chi connectivity index (χ0) is 17.2. The topological polar surface area (TPSA) is 66.5 Å². The van der Waals surface area contributed by atoms with E-state index >= 15 is 0 Å². The second-order valence-corrected chi connectivity index (χ2v) is 6.10. The minimum Gasteiger partial charge on any atom is -0.366 e. The molecule has 4 aromatic heterocycles. The van der Waals surface area contributed by atoms with E-state index in [0.29, 0.717) is 6.54 Å². The van der Waals surface area contributed by atoms with Gasteiger partial charge in [0.25, 0.3) is 0 Å². The maximum atomic E-state index is 4.68. The summed E-state index contributed by atoms with van der Waals surface area (Å²) in [4.78, 5) is 16.6. The van der Waals surface area contributed by atoms with Crippen LogP contribution in [0.15, 0.2) is 55.0 Å². The van der Waals surface area contributed by atoms with E-state index in [9.17, 15) is 0 Å². The first-order valence-corrected chi connectivity index (χ1v) is 8.26. The molecule has 0 bridgehead atoms.